The molecule has 2 aromatic rings. The maximum absolute atomic E-state index is 5.64. The maximum Gasteiger partial charge on any atom is 0.276 e. The minimum Gasteiger partial charge on any atom is -0.415 e. The minimum atomic E-state index is -0.0881. The van der Waals surface area contributed by atoms with Crippen LogP contribution in [0.2, 0.25) is 0 Å². The van der Waals surface area contributed by atoms with Crippen molar-refractivity contribution in [1.82, 2.24) is 10.2 Å². The molecule has 0 amide bonds. The second-order valence-corrected chi connectivity index (χ2v) is 6.33. The summed E-state index contributed by atoms with van der Waals surface area (Å²) >= 11 is 1.58. The molecule has 0 radical (unpaired) electrons. The molecule has 1 aromatic carbocycles. The molecule has 0 N–H and O–H groups in total. The van der Waals surface area contributed by atoms with Gasteiger partial charge in [-0.25, -0.2) is 0 Å². The van der Waals surface area contributed by atoms with Gasteiger partial charge in [-0.05, 0) is 12.5 Å². The highest BCUT2D eigenvalue weighted by Crippen LogP contribution is 2.26. The highest BCUT2D eigenvalue weighted by atomic mass is 32.2. The second kappa shape index (κ2) is 5.14. The average Bonchev–Trinajstić information content (AvgIpc) is 2.74. The number of aryl methyl sites for hydroxylation is 1. The van der Waals surface area contributed by atoms with Crippen LogP contribution in [0.3, 0.4) is 0 Å². The number of benzene rings is 1. The van der Waals surface area contributed by atoms with Crippen LogP contribution in [0.15, 0.2) is 33.9 Å². The molecule has 2 rings (SSSR count). The molecule has 0 unspecified atom stereocenters. The van der Waals surface area contributed by atoms with Crippen LogP contribution in [-0.4, -0.2) is 10.2 Å². The summed E-state index contributed by atoms with van der Waals surface area (Å²) in [5.41, 5.74) is 2.46. The van der Waals surface area contributed by atoms with Gasteiger partial charge in [0.1, 0.15) is 0 Å². The van der Waals surface area contributed by atoms with E-state index in [1.807, 2.05) is 0 Å². The van der Waals surface area contributed by atoms with Gasteiger partial charge in [-0.1, -0.05) is 62.4 Å². The number of hydrogen-bond acceptors (Lipinski definition) is 4. The molecule has 0 saturated heterocycles. The first-order valence-corrected chi connectivity index (χ1v) is 6.96. The molecule has 3 nitrogen and oxygen atoms in total. The van der Waals surface area contributed by atoms with Crippen molar-refractivity contribution in [2.75, 3.05) is 0 Å². The van der Waals surface area contributed by atoms with Crippen molar-refractivity contribution in [2.24, 2.45) is 0 Å². The molecule has 96 valence electrons. The van der Waals surface area contributed by atoms with Crippen molar-refractivity contribution >= 4 is 11.8 Å². The zero-order valence-electron chi connectivity index (χ0n) is 11.2. The van der Waals surface area contributed by atoms with E-state index in [1.165, 1.54) is 11.1 Å². The normalized spacial score (nSPS) is 11.8. The lowest BCUT2D eigenvalue weighted by Crippen LogP contribution is -2.11. The fourth-order valence-electron chi connectivity index (χ4n) is 1.52. The molecule has 0 bridgehead atoms. The maximum atomic E-state index is 5.64. The summed E-state index contributed by atoms with van der Waals surface area (Å²) < 4.78 is 5.64. The molecule has 18 heavy (non-hydrogen) atoms. The summed E-state index contributed by atoms with van der Waals surface area (Å²) in [4.78, 5) is 0. The quantitative estimate of drug-likeness (QED) is 0.785. The summed E-state index contributed by atoms with van der Waals surface area (Å²) in [5, 5.41) is 8.79. The predicted molar refractivity (Wildman–Crippen MR) is 73.7 cm³/mol. The molecule has 1 aromatic heterocycles. The Bertz CT molecular complexity index is 529. The Balaban J connectivity index is 2.01. The zero-order valence-corrected chi connectivity index (χ0v) is 12.0. The minimum absolute atomic E-state index is 0.0881. The van der Waals surface area contributed by atoms with Gasteiger partial charge >= 0.3 is 0 Å². The van der Waals surface area contributed by atoms with E-state index in [0.717, 1.165) is 5.75 Å². The van der Waals surface area contributed by atoms with Crippen LogP contribution in [0, 0.1) is 6.92 Å². The largest absolute Gasteiger partial charge is 0.415 e. The van der Waals surface area contributed by atoms with Gasteiger partial charge in [-0.2, -0.15) is 0 Å². The van der Waals surface area contributed by atoms with E-state index >= 15 is 0 Å². The van der Waals surface area contributed by atoms with E-state index in [9.17, 15) is 0 Å². The smallest absolute Gasteiger partial charge is 0.276 e. The molecule has 0 saturated carbocycles. The van der Waals surface area contributed by atoms with E-state index in [4.69, 9.17) is 4.42 Å². The van der Waals surface area contributed by atoms with Crippen LogP contribution in [0.4, 0.5) is 0 Å². The van der Waals surface area contributed by atoms with Crippen LogP contribution in [0.5, 0.6) is 0 Å². The molecular formula is C14H18N2OS. The van der Waals surface area contributed by atoms with Crippen molar-refractivity contribution in [3.05, 3.63) is 41.3 Å². The molecule has 1 heterocycles. The first-order chi connectivity index (χ1) is 8.45. The molecule has 0 aliphatic rings. The van der Waals surface area contributed by atoms with Crippen LogP contribution >= 0.6 is 11.8 Å². The number of aromatic nitrogens is 2. The van der Waals surface area contributed by atoms with Crippen molar-refractivity contribution in [1.29, 1.82) is 0 Å². The number of thioether (sulfide) groups is 1. The van der Waals surface area contributed by atoms with Crippen LogP contribution < -0.4 is 0 Å². The van der Waals surface area contributed by atoms with Crippen LogP contribution in [0.1, 0.15) is 37.8 Å². The molecular weight excluding hydrogens is 244 g/mol. The van der Waals surface area contributed by atoms with Crippen molar-refractivity contribution in [3.8, 4) is 0 Å². The standard InChI is InChI=1S/C14H18N2OS/c1-10-6-5-7-11(8-10)9-18-13-16-15-12(17-13)14(2,3)4/h5-8H,9H2,1-4H3. The zero-order chi connectivity index (χ0) is 13.2. The Morgan fingerprint density at radius 1 is 1.22 bits per heavy atom. The van der Waals surface area contributed by atoms with Crippen molar-refractivity contribution < 1.29 is 4.42 Å². The first-order valence-electron chi connectivity index (χ1n) is 5.97. The van der Waals surface area contributed by atoms with Gasteiger partial charge in [0.2, 0.25) is 5.89 Å². The van der Waals surface area contributed by atoms with Gasteiger partial charge in [0.25, 0.3) is 5.22 Å². The fourth-order valence-corrected chi connectivity index (χ4v) is 2.22. The number of hydrogen-bond donors (Lipinski definition) is 0. The molecule has 4 heteroatoms. The molecule has 0 atom stereocenters. The van der Waals surface area contributed by atoms with Gasteiger partial charge in [-0.15, -0.1) is 10.2 Å². The number of rotatable bonds is 3. The van der Waals surface area contributed by atoms with E-state index in [0.29, 0.717) is 11.1 Å². The lowest BCUT2D eigenvalue weighted by molar-refractivity contribution is 0.347. The summed E-state index contributed by atoms with van der Waals surface area (Å²) in [6.07, 6.45) is 0. The molecule has 0 aliphatic carbocycles. The highest BCUT2D eigenvalue weighted by Gasteiger charge is 2.21. The molecule has 0 spiro atoms. The van der Waals surface area contributed by atoms with E-state index < -0.39 is 0 Å². The topological polar surface area (TPSA) is 38.9 Å². The summed E-state index contributed by atoms with van der Waals surface area (Å²) in [6.45, 7) is 8.29. The average molecular weight is 262 g/mol. The van der Waals surface area contributed by atoms with Gasteiger partial charge < -0.3 is 4.42 Å². The Kier molecular flexibility index (Phi) is 3.76. The highest BCUT2D eigenvalue weighted by molar-refractivity contribution is 7.98. The van der Waals surface area contributed by atoms with Gasteiger partial charge in [0.15, 0.2) is 0 Å². The Morgan fingerprint density at radius 3 is 2.61 bits per heavy atom. The number of nitrogens with zero attached hydrogens (tertiary/aromatic N) is 2. The SMILES string of the molecule is Cc1cccc(CSc2nnc(C(C)(C)C)o2)c1. The Hall–Kier alpha value is -1.29. The molecule has 0 fully saturated rings. The van der Waals surface area contributed by atoms with E-state index in [-0.39, 0.29) is 5.41 Å². The van der Waals surface area contributed by atoms with Crippen LogP contribution in [0.25, 0.3) is 0 Å². The third kappa shape index (κ3) is 3.35. The van der Waals surface area contributed by atoms with Crippen LogP contribution in [-0.2, 0) is 11.2 Å². The summed E-state index contributed by atoms with van der Waals surface area (Å²) in [6, 6.07) is 8.45. The Morgan fingerprint density at radius 2 is 2.00 bits per heavy atom. The third-order valence-corrected chi connectivity index (χ3v) is 3.38. The van der Waals surface area contributed by atoms with E-state index in [2.05, 4.69) is 62.2 Å². The van der Waals surface area contributed by atoms with E-state index in [1.54, 1.807) is 11.8 Å². The van der Waals surface area contributed by atoms with Gasteiger partial charge in [0.05, 0.1) is 0 Å². The van der Waals surface area contributed by atoms with Gasteiger partial charge in [-0.3, -0.25) is 0 Å². The second-order valence-electron chi connectivity index (χ2n) is 5.40. The van der Waals surface area contributed by atoms with Gasteiger partial charge in [0, 0.05) is 11.2 Å². The lowest BCUT2D eigenvalue weighted by atomic mass is 9.97. The monoisotopic (exact) mass is 262 g/mol. The summed E-state index contributed by atoms with van der Waals surface area (Å²) in [7, 11) is 0. The van der Waals surface area contributed by atoms with Crippen molar-refractivity contribution in [2.45, 2.75) is 44.1 Å². The first kappa shape index (κ1) is 13.1. The summed E-state index contributed by atoms with van der Waals surface area (Å²) in [5.74, 6) is 1.54. The lowest BCUT2D eigenvalue weighted by Gasteiger charge is -2.10. The van der Waals surface area contributed by atoms with Crippen molar-refractivity contribution in [3.63, 3.8) is 0 Å². The predicted octanol–water partition coefficient (Wildman–Crippen LogP) is 3.97. The molecule has 0 aliphatic heterocycles. The Labute approximate surface area is 112 Å². The fraction of sp³-hybridized carbons (Fsp3) is 0.429. The third-order valence-electron chi connectivity index (χ3n) is 2.49.